The summed E-state index contributed by atoms with van der Waals surface area (Å²) in [5.74, 6) is 3.35. The fraction of sp³-hybridized carbons (Fsp3) is 0.368. The molecular weight excluding hydrogens is 332 g/mol. The van der Waals surface area contributed by atoms with Crippen LogP contribution in [0, 0.1) is 5.92 Å². The molecule has 1 aliphatic rings. The summed E-state index contributed by atoms with van der Waals surface area (Å²) in [4.78, 5) is 4.48. The average molecular weight is 354 g/mol. The normalized spacial score (nSPS) is 13.7. The van der Waals surface area contributed by atoms with Crippen molar-refractivity contribution < 1.29 is 14.2 Å². The maximum atomic E-state index is 5.42. The number of aromatic nitrogens is 4. The molecule has 1 fully saturated rings. The molecule has 0 bridgehead atoms. The Bertz CT molecular complexity index is 886. The number of nitrogens with zero attached hydrogens (tertiary/aromatic N) is 4. The van der Waals surface area contributed by atoms with Gasteiger partial charge in [-0.05, 0) is 31.2 Å². The van der Waals surface area contributed by atoms with Crippen molar-refractivity contribution >= 4 is 0 Å². The largest absolute Gasteiger partial charge is 0.493 e. The van der Waals surface area contributed by atoms with Gasteiger partial charge in [0, 0.05) is 18.3 Å². The molecule has 1 saturated carbocycles. The van der Waals surface area contributed by atoms with Gasteiger partial charge in [-0.3, -0.25) is 0 Å². The number of hydrogen-bond acceptors (Lipinski definition) is 5. The first-order valence-electron chi connectivity index (χ1n) is 8.61. The maximum absolute atomic E-state index is 5.42. The van der Waals surface area contributed by atoms with E-state index in [4.69, 9.17) is 14.2 Å². The van der Waals surface area contributed by atoms with Crippen LogP contribution in [0.1, 0.15) is 18.5 Å². The zero-order chi connectivity index (χ0) is 18.1. The number of ether oxygens (including phenoxy) is 3. The van der Waals surface area contributed by atoms with Crippen molar-refractivity contribution in [2.75, 3.05) is 21.3 Å². The van der Waals surface area contributed by atoms with Crippen LogP contribution >= 0.6 is 0 Å². The van der Waals surface area contributed by atoms with E-state index in [2.05, 4.69) is 16.1 Å². The average Bonchev–Trinajstić information content (AvgIpc) is 3.15. The number of rotatable bonds is 7. The predicted octanol–water partition coefficient (Wildman–Crippen LogP) is 3.04. The summed E-state index contributed by atoms with van der Waals surface area (Å²) in [6.07, 6.45) is 9.33. The molecule has 0 spiro atoms. The van der Waals surface area contributed by atoms with E-state index in [0.29, 0.717) is 17.2 Å². The lowest BCUT2D eigenvalue weighted by atomic mass is 10.2. The molecule has 136 valence electrons. The van der Waals surface area contributed by atoms with Crippen molar-refractivity contribution in [1.82, 2.24) is 19.3 Å². The van der Waals surface area contributed by atoms with Gasteiger partial charge in [-0.1, -0.05) is 0 Å². The molecule has 0 atom stereocenters. The minimum atomic E-state index is 0.566. The molecule has 2 heterocycles. The van der Waals surface area contributed by atoms with Crippen molar-refractivity contribution in [3.63, 3.8) is 0 Å². The number of benzene rings is 1. The molecule has 3 aromatic rings. The molecule has 0 radical (unpaired) electrons. The summed E-state index contributed by atoms with van der Waals surface area (Å²) in [5.41, 5.74) is 1.98. The van der Waals surface area contributed by atoms with Gasteiger partial charge < -0.3 is 18.8 Å². The van der Waals surface area contributed by atoms with Crippen molar-refractivity contribution in [2.24, 2.45) is 5.92 Å². The van der Waals surface area contributed by atoms with Crippen molar-refractivity contribution in [3.05, 3.63) is 42.6 Å². The first-order chi connectivity index (χ1) is 12.7. The van der Waals surface area contributed by atoms with Crippen LogP contribution in [-0.2, 0) is 6.42 Å². The van der Waals surface area contributed by atoms with Crippen LogP contribution in [0.4, 0.5) is 0 Å². The Morgan fingerprint density at radius 1 is 1.08 bits per heavy atom. The van der Waals surface area contributed by atoms with Crippen molar-refractivity contribution in [3.8, 4) is 28.8 Å². The molecule has 7 nitrogen and oxygen atoms in total. The van der Waals surface area contributed by atoms with Crippen LogP contribution in [0.15, 0.2) is 36.9 Å². The Labute approximate surface area is 152 Å². The Morgan fingerprint density at radius 2 is 1.81 bits per heavy atom. The first kappa shape index (κ1) is 16.5. The molecule has 0 aliphatic heterocycles. The summed E-state index contributed by atoms with van der Waals surface area (Å²) in [6.45, 7) is 0. The highest BCUT2D eigenvalue weighted by atomic mass is 16.5. The van der Waals surface area contributed by atoms with Gasteiger partial charge in [0.1, 0.15) is 6.33 Å². The third kappa shape index (κ3) is 3.12. The molecular formula is C19H22N4O3. The molecule has 26 heavy (non-hydrogen) atoms. The van der Waals surface area contributed by atoms with Gasteiger partial charge in [-0.25, -0.2) is 9.67 Å². The summed E-state index contributed by atoms with van der Waals surface area (Å²) in [6, 6.07) is 5.83. The monoisotopic (exact) mass is 354 g/mol. The zero-order valence-electron chi connectivity index (χ0n) is 15.2. The van der Waals surface area contributed by atoms with E-state index in [9.17, 15) is 0 Å². The highest BCUT2D eigenvalue weighted by Crippen LogP contribution is 2.39. The van der Waals surface area contributed by atoms with Crippen LogP contribution in [-0.4, -0.2) is 40.7 Å². The van der Waals surface area contributed by atoms with Gasteiger partial charge in [0.2, 0.25) is 5.75 Å². The molecule has 4 rings (SSSR count). The van der Waals surface area contributed by atoms with Gasteiger partial charge in [-0.2, -0.15) is 5.10 Å². The number of methoxy groups -OCH3 is 3. The number of imidazole rings is 1. The molecule has 7 heteroatoms. The van der Waals surface area contributed by atoms with Gasteiger partial charge in [-0.15, -0.1) is 0 Å². The number of hydrogen-bond donors (Lipinski definition) is 0. The summed E-state index contributed by atoms with van der Waals surface area (Å²) >= 11 is 0. The molecule has 0 N–H and O–H groups in total. The first-order valence-corrected chi connectivity index (χ1v) is 8.61. The quantitative estimate of drug-likeness (QED) is 0.653. The second-order valence-electron chi connectivity index (χ2n) is 6.42. The smallest absolute Gasteiger partial charge is 0.203 e. The van der Waals surface area contributed by atoms with Crippen molar-refractivity contribution in [1.29, 1.82) is 0 Å². The lowest BCUT2D eigenvalue weighted by Crippen LogP contribution is -1.99. The second-order valence-corrected chi connectivity index (χ2v) is 6.42. The standard InChI is InChI=1S/C19H22N4O3/c1-24-16-9-15(10-17(25-2)19(16)26-3)22-11-18(20-12-22)23-7-6-14(21-23)8-13-4-5-13/h6-7,9-13H,4-5,8H2,1-3H3. The summed E-state index contributed by atoms with van der Waals surface area (Å²) in [5, 5.41) is 4.63. The van der Waals surface area contributed by atoms with E-state index < -0.39 is 0 Å². The van der Waals surface area contributed by atoms with Crippen molar-refractivity contribution in [2.45, 2.75) is 19.3 Å². The van der Waals surface area contributed by atoms with E-state index in [1.807, 2.05) is 33.8 Å². The lowest BCUT2D eigenvalue weighted by molar-refractivity contribution is 0.324. The molecule has 0 amide bonds. The van der Waals surface area contributed by atoms with Crippen LogP contribution in [0.25, 0.3) is 11.5 Å². The SMILES string of the molecule is COc1cc(-n2cnc(-n3ccc(CC4CC4)n3)c2)cc(OC)c1OC. The van der Waals surface area contributed by atoms with Gasteiger partial charge in [0.05, 0.1) is 38.9 Å². The van der Waals surface area contributed by atoms with E-state index in [0.717, 1.165) is 29.5 Å². The van der Waals surface area contributed by atoms with Gasteiger partial charge in [0.25, 0.3) is 0 Å². The van der Waals surface area contributed by atoms with Crippen LogP contribution in [0.2, 0.25) is 0 Å². The molecule has 0 saturated heterocycles. The van der Waals surface area contributed by atoms with Crippen LogP contribution in [0.3, 0.4) is 0 Å². The van der Waals surface area contributed by atoms with Gasteiger partial charge >= 0.3 is 0 Å². The fourth-order valence-corrected chi connectivity index (χ4v) is 3.00. The van der Waals surface area contributed by atoms with Gasteiger partial charge in [0.15, 0.2) is 17.3 Å². The lowest BCUT2D eigenvalue weighted by Gasteiger charge is -2.14. The Kier molecular flexibility index (Phi) is 4.28. The maximum Gasteiger partial charge on any atom is 0.203 e. The molecule has 2 aromatic heterocycles. The highest BCUT2D eigenvalue weighted by Gasteiger charge is 2.22. The van der Waals surface area contributed by atoms with E-state index >= 15 is 0 Å². The second kappa shape index (κ2) is 6.74. The van der Waals surface area contributed by atoms with E-state index in [1.54, 1.807) is 27.7 Å². The zero-order valence-corrected chi connectivity index (χ0v) is 15.2. The van der Waals surface area contributed by atoms with E-state index in [1.165, 1.54) is 12.8 Å². The third-order valence-electron chi connectivity index (χ3n) is 4.59. The highest BCUT2D eigenvalue weighted by molar-refractivity contribution is 5.58. The molecule has 0 unspecified atom stereocenters. The minimum Gasteiger partial charge on any atom is -0.493 e. The summed E-state index contributed by atoms with van der Waals surface area (Å²) in [7, 11) is 4.80. The minimum absolute atomic E-state index is 0.566. The Morgan fingerprint density at radius 3 is 2.42 bits per heavy atom. The molecule has 1 aliphatic carbocycles. The predicted molar refractivity (Wildman–Crippen MR) is 96.8 cm³/mol. The summed E-state index contributed by atoms with van der Waals surface area (Å²) < 4.78 is 19.9. The Hall–Kier alpha value is -2.96. The van der Waals surface area contributed by atoms with E-state index in [-0.39, 0.29) is 0 Å². The fourth-order valence-electron chi connectivity index (χ4n) is 3.00. The Balaban J connectivity index is 1.64. The topological polar surface area (TPSA) is 63.3 Å². The van der Waals surface area contributed by atoms with Crippen LogP contribution in [0.5, 0.6) is 17.2 Å². The van der Waals surface area contributed by atoms with Crippen LogP contribution < -0.4 is 14.2 Å². The third-order valence-corrected chi connectivity index (χ3v) is 4.59. The molecule has 1 aromatic carbocycles.